The van der Waals surface area contributed by atoms with Gasteiger partial charge in [-0.15, -0.1) is 0 Å². The molecule has 0 spiro atoms. The van der Waals surface area contributed by atoms with Crippen LogP contribution in [0.3, 0.4) is 0 Å². The van der Waals surface area contributed by atoms with Gasteiger partial charge in [0, 0.05) is 25.4 Å². The van der Waals surface area contributed by atoms with Gasteiger partial charge >= 0.3 is 0 Å². The van der Waals surface area contributed by atoms with Gasteiger partial charge in [-0.1, -0.05) is 12.1 Å². The van der Waals surface area contributed by atoms with Gasteiger partial charge in [0.05, 0.1) is 12.2 Å². The molecule has 2 rings (SSSR count). The molecule has 1 aromatic carbocycles. The van der Waals surface area contributed by atoms with Crippen LogP contribution in [0.5, 0.6) is 5.88 Å². The molecule has 0 radical (unpaired) electrons. The zero-order valence-corrected chi connectivity index (χ0v) is 12.8. The third-order valence-electron chi connectivity index (χ3n) is 3.21. The first-order valence-electron chi connectivity index (χ1n) is 7.26. The van der Waals surface area contributed by atoms with E-state index >= 15 is 0 Å². The van der Waals surface area contributed by atoms with E-state index in [4.69, 9.17) is 4.74 Å². The summed E-state index contributed by atoms with van der Waals surface area (Å²) in [5, 5.41) is 0. The first kappa shape index (κ1) is 15.9. The molecule has 1 heterocycles. The lowest BCUT2D eigenvalue weighted by atomic mass is 10.2. The Kier molecular flexibility index (Phi) is 5.47. The summed E-state index contributed by atoms with van der Waals surface area (Å²) in [6, 6.07) is 9.63. The maximum Gasteiger partial charge on any atom is 0.255 e. The van der Waals surface area contributed by atoms with Gasteiger partial charge in [-0.3, -0.25) is 4.79 Å². The maximum atomic E-state index is 13.2. The lowest BCUT2D eigenvalue weighted by Gasteiger charge is -2.21. The summed E-state index contributed by atoms with van der Waals surface area (Å²) < 4.78 is 18.5. The molecule has 116 valence electrons. The highest BCUT2D eigenvalue weighted by atomic mass is 19.1. The van der Waals surface area contributed by atoms with E-state index in [1.165, 1.54) is 18.3 Å². The van der Waals surface area contributed by atoms with E-state index in [2.05, 4.69) is 4.98 Å². The molecule has 0 saturated heterocycles. The molecule has 0 unspecified atom stereocenters. The zero-order chi connectivity index (χ0) is 15.9. The Bertz CT molecular complexity index is 629. The van der Waals surface area contributed by atoms with Crippen LogP contribution in [0.2, 0.25) is 0 Å². The number of pyridine rings is 1. The Hall–Kier alpha value is -2.43. The Balaban J connectivity index is 2.11. The summed E-state index contributed by atoms with van der Waals surface area (Å²) >= 11 is 0. The Morgan fingerprint density at radius 1 is 1.27 bits per heavy atom. The Labute approximate surface area is 129 Å². The van der Waals surface area contributed by atoms with E-state index in [0.717, 1.165) is 5.56 Å². The number of aromatic nitrogens is 1. The minimum absolute atomic E-state index is 0.137. The fourth-order valence-corrected chi connectivity index (χ4v) is 2.11. The van der Waals surface area contributed by atoms with E-state index in [-0.39, 0.29) is 11.7 Å². The van der Waals surface area contributed by atoms with Crippen LogP contribution < -0.4 is 4.74 Å². The first-order chi connectivity index (χ1) is 10.6. The van der Waals surface area contributed by atoms with Crippen molar-refractivity contribution in [2.75, 3.05) is 13.2 Å². The molecule has 0 aliphatic heterocycles. The molecular formula is C17H19FN2O2. The largest absolute Gasteiger partial charge is 0.478 e. The molecule has 0 bridgehead atoms. The van der Waals surface area contributed by atoms with Crippen LogP contribution in [0.15, 0.2) is 42.6 Å². The number of benzene rings is 1. The van der Waals surface area contributed by atoms with Crippen molar-refractivity contribution in [3.05, 3.63) is 59.5 Å². The van der Waals surface area contributed by atoms with Gasteiger partial charge in [-0.2, -0.15) is 0 Å². The summed E-state index contributed by atoms with van der Waals surface area (Å²) in [5.41, 5.74) is 1.25. The quantitative estimate of drug-likeness (QED) is 0.822. The van der Waals surface area contributed by atoms with Crippen molar-refractivity contribution in [1.29, 1.82) is 0 Å². The lowest BCUT2D eigenvalue weighted by molar-refractivity contribution is 0.0752. The predicted octanol–water partition coefficient (Wildman–Crippen LogP) is 3.28. The topological polar surface area (TPSA) is 42.4 Å². The van der Waals surface area contributed by atoms with Gasteiger partial charge < -0.3 is 9.64 Å². The van der Waals surface area contributed by atoms with Crippen molar-refractivity contribution in [3.63, 3.8) is 0 Å². The highest BCUT2D eigenvalue weighted by Crippen LogP contribution is 2.13. The SMILES string of the molecule is CCOc1ccc(C(=O)N(CC)Cc2cccc(F)c2)cn1. The van der Waals surface area contributed by atoms with Crippen molar-refractivity contribution >= 4 is 5.91 Å². The maximum absolute atomic E-state index is 13.2. The second-order valence-electron chi connectivity index (χ2n) is 4.77. The standard InChI is InChI=1S/C17H19FN2O2/c1-3-20(12-13-6-5-7-15(18)10-13)17(21)14-8-9-16(19-11-14)22-4-2/h5-11H,3-4,12H2,1-2H3. The number of nitrogens with zero attached hydrogens (tertiary/aromatic N) is 2. The average Bonchev–Trinajstić information content (AvgIpc) is 2.53. The number of ether oxygens (including phenoxy) is 1. The second-order valence-corrected chi connectivity index (χ2v) is 4.77. The molecule has 0 fully saturated rings. The van der Waals surface area contributed by atoms with Crippen LogP contribution in [0.4, 0.5) is 4.39 Å². The van der Waals surface area contributed by atoms with Gasteiger partial charge in [0.2, 0.25) is 5.88 Å². The molecule has 2 aromatic rings. The minimum Gasteiger partial charge on any atom is -0.478 e. The fraction of sp³-hybridized carbons (Fsp3) is 0.294. The van der Waals surface area contributed by atoms with E-state index in [1.807, 2.05) is 13.8 Å². The van der Waals surface area contributed by atoms with Gasteiger partial charge in [-0.05, 0) is 37.6 Å². The fourth-order valence-electron chi connectivity index (χ4n) is 2.11. The zero-order valence-electron chi connectivity index (χ0n) is 12.8. The Morgan fingerprint density at radius 3 is 2.68 bits per heavy atom. The second kappa shape index (κ2) is 7.54. The van der Waals surface area contributed by atoms with Crippen LogP contribution in [0, 0.1) is 5.82 Å². The number of amides is 1. The molecule has 22 heavy (non-hydrogen) atoms. The smallest absolute Gasteiger partial charge is 0.255 e. The van der Waals surface area contributed by atoms with Gasteiger partial charge in [0.1, 0.15) is 5.82 Å². The van der Waals surface area contributed by atoms with Gasteiger partial charge in [-0.25, -0.2) is 9.37 Å². The van der Waals surface area contributed by atoms with Gasteiger partial charge in [0.25, 0.3) is 5.91 Å². The summed E-state index contributed by atoms with van der Waals surface area (Å²) in [6.45, 7) is 5.18. The molecule has 1 amide bonds. The molecule has 0 aliphatic carbocycles. The highest BCUT2D eigenvalue weighted by Gasteiger charge is 2.15. The number of halogens is 1. The minimum atomic E-state index is -0.302. The summed E-state index contributed by atoms with van der Waals surface area (Å²) in [6.07, 6.45) is 1.50. The molecule has 1 aromatic heterocycles. The van der Waals surface area contributed by atoms with Crippen LogP contribution in [0.25, 0.3) is 0 Å². The predicted molar refractivity (Wildman–Crippen MR) is 82.2 cm³/mol. The van der Waals surface area contributed by atoms with Gasteiger partial charge in [0.15, 0.2) is 0 Å². The molecule has 4 nitrogen and oxygen atoms in total. The van der Waals surface area contributed by atoms with Crippen molar-refractivity contribution < 1.29 is 13.9 Å². The molecule has 0 aliphatic rings. The van der Waals surface area contributed by atoms with E-state index < -0.39 is 0 Å². The van der Waals surface area contributed by atoms with E-state index in [0.29, 0.717) is 31.1 Å². The number of carbonyl (C=O) groups is 1. The van der Waals surface area contributed by atoms with Crippen molar-refractivity contribution in [2.45, 2.75) is 20.4 Å². The molecule has 5 heteroatoms. The highest BCUT2D eigenvalue weighted by molar-refractivity contribution is 5.93. The average molecular weight is 302 g/mol. The van der Waals surface area contributed by atoms with E-state index in [9.17, 15) is 9.18 Å². The molecule has 0 atom stereocenters. The van der Waals surface area contributed by atoms with Crippen molar-refractivity contribution in [1.82, 2.24) is 9.88 Å². The first-order valence-corrected chi connectivity index (χ1v) is 7.26. The van der Waals surface area contributed by atoms with Crippen LogP contribution >= 0.6 is 0 Å². The van der Waals surface area contributed by atoms with Crippen molar-refractivity contribution in [3.8, 4) is 5.88 Å². The monoisotopic (exact) mass is 302 g/mol. The van der Waals surface area contributed by atoms with Crippen LogP contribution in [-0.2, 0) is 6.54 Å². The third-order valence-corrected chi connectivity index (χ3v) is 3.21. The third kappa shape index (κ3) is 4.04. The number of hydrogen-bond donors (Lipinski definition) is 0. The summed E-state index contributed by atoms with van der Waals surface area (Å²) in [5.74, 6) is 0.0540. The molecule has 0 N–H and O–H groups in total. The normalized spacial score (nSPS) is 10.3. The van der Waals surface area contributed by atoms with E-state index in [1.54, 1.807) is 29.2 Å². The number of carbonyl (C=O) groups excluding carboxylic acids is 1. The van der Waals surface area contributed by atoms with Crippen LogP contribution in [-0.4, -0.2) is 28.9 Å². The number of hydrogen-bond acceptors (Lipinski definition) is 3. The van der Waals surface area contributed by atoms with Crippen molar-refractivity contribution in [2.24, 2.45) is 0 Å². The molecular weight excluding hydrogens is 283 g/mol. The lowest BCUT2D eigenvalue weighted by Crippen LogP contribution is -2.30. The van der Waals surface area contributed by atoms with Crippen LogP contribution in [0.1, 0.15) is 29.8 Å². The summed E-state index contributed by atoms with van der Waals surface area (Å²) in [7, 11) is 0. The number of rotatable bonds is 6. The Morgan fingerprint density at radius 2 is 2.09 bits per heavy atom. The summed E-state index contributed by atoms with van der Waals surface area (Å²) in [4.78, 5) is 18.2. The molecule has 0 saturated carbocycles.